The van der Waals surface area contributed by atoms with Crippen molar-refractivity contribution in [3.63, 3.8) is 0 Å². The quantitative estimate of drug-likeness (QED) is 0.328. The molecule has 4 aromatic rings. The molecule has 0 saturated heterocycles. The molecule has 154 valence electrons. The molecule has 1 atom stereocenters. The third kappa shape index (κ3) is 4.01. The summed E-state index contributed by atoms with van der Waals surface area (Å²) < 4.78 is 0. The van der Waals surface area contributed by atoms with Crippen molar-refractivity contribution in [2.45, 2.75) is 26.3 Å². The number of anilines is 1. The van der Waals surface area contributed by atoms with Crippen LogP contribution in [0.4, 0.5) is 5.13 Å². The molecule has 0 N–H and O–H groups in total. The van der Waals surface area contributed by atoms with Gasteiger partial charge >= 0.3 is 0 Å². The molecule has 5 heteroatoms. The highest BCUT2D eigenvalue weighted by atomic mass is 35.5. The zero-order chi connectivity index (χ0) is 21.4. The number of nitrogens with zero attached hydrogens (tertiary/aromatic N) is 3. The third-order valence-electron chi connectivity index (χ3n) is 5.76. The van der Waals surface area contributed by atoms with Crippen LogP contribution >= 0.6 is 22.9 Å². The van der Waals surface area contributed by atoms with Crippen LogP contribution in [0, 0.1) is 13.8 Å². The summed E-state index contributed by atoms with van der Waals surface area (Å²) >= 11 is 7.67. The van der Waals surface area contributed by atoms with E-state index in [2.05, 4.69) is 72.8 Å². The van der Waals surface area contributed by atoms with E-state index in [0.717, 1.165) is 33.5 Å². The van der Waals surface area contributed by atoms with E-state index < -0.39 is 0 Å². The lowest BCUT2D eigenvalue weighted by Gasteiger charge is -2.21. The Labute approximate surface area is 191 Å². The number of benzene rings is 3. The molecule has 3 nitrogen and oxygen atoms in total. The van der Waals surface area contributed by atoms with E-state index in [1.54, 1.807) is 11.3 Å². The fraction of sp³-hybridized carbons (Fsp3) is 0.154. The van der Waals surface area contributed by atoms with Gasteiger partial charge in [0.15, 0.2) is 0 Å². The molecule has 1 aromatic heterocycles. The highest BCUT2D eigenvalue weighted by molar-refractivity contribution is 7.14. The van der Waals surface area contributed by atoms with Crippen molar-refractivity contribution < 1.29 is 0 Å². The van der Waals surface area contributed by atoms with Gasteiger partial charge in [0.05, 0.1) is 17.4 Å². The van der Waals surface area contributed by atoms with Gasteiger partial charge in [0.2, 0.25) is 5.13 Å². The van der Waals surface area contributed by atoms with Crippen molar-refractivity contribution in [1.82, 2.24) is 4.98 Å². The fourth-order valence-corrected chi connectivity index (χ4v) is 4.80. The van der Waals surface area contributed by atoms with E-state index in [4.69, 9.17) is 21.7 Å². The summed E-state index contributed by atoms with van der Waals surface area (Å²) in [5.41, 5.74) is 8.11. The first kappa shape index (κ1) is 20.0. The lowest BCUT2D eigenvalue weighted by Crippen LogP contribution is -2.18. The molecule has 5 rings (SSSR count). The number of hydrogen-bond acceptors (Lipinski definition) is 4. The largest absolute Gasteiger partial charge is 0.231 e. The molecule has 3 aromatic carbocycles. The Bertz CT molecular complexity index is 1250. The van der Waals surface area contributed by atoms with Gasteiger partial charge in [-0.15, -0.1) is 11.3 Å². The minimum absolute atomic E-state index is 0.127. The Morgan fingerprint density at radius 1 is 0.903 bits per heavy atom. The van der Waals surface area contributed by atoms with Crippen molar-refractivity contribution in [3.05, 3.63) is 105 Å². The summed E-state index contributed by atoms with van der Waals surface area (Å²) in [6, 6.07) is 25.1. The van der Waals surface area contributed by atoms with Crippen molar-refractivity contribution >= 4 is 33.8 Å². The van der Waals surface area contributed by atoms with Crippen LogP contribution in [0.2, 0.25) is 5.02 Å². The molecule has 0 fully saturated rings. The summed E-state index contributed by atoms with van der Waals surface area (Å²) in [5, 5.41) is 10.9. The summed E-state index contributed by atoms with van der Waals surface area (Å²) in [7, 11) is 0. The first-order chi connectivity index (χ1) is 15.1. The van der Waals surface area contributed by atoms with Crippen LogP contribution in [-0.2, 0) is 0 Å². The highest BCUT2D eigenvalue weighted by Crippen LogP contribution is 2.39. The second kappa shape index (κ2) is 8.29. The second-order valence-electron chi connectivity index (χ2n) is 7.84. The highest BCUT2D eigenvalue weighted by Gasteiger charge is 2.31. The van der Waals surface area contributed by atoms with Crippen LogP contribution < -0.4 is 5.01 Å². The topological polar surface area (TPSA) is 28.5 Å². The first-order valence-corrected chi connectivity index (χ1v) is 11.5. The minimum Gasteiger partial charge on any atom is -0.231 e. The lowest BCUT2D eigenvalue weighted by atomic mass is 9.97. The van der Waals surface area contributed by atoms with E-state index in [0.29, 0.717) is 0 Å². The van der Waals surface area contributed by atoms with E-state index in [9.17, 15) is 0 Å². The van der Waals surface area contributed by atoms with E-state index in [1.165, 1.54) is 22.3 Å². The lowest BCUT2D eigenvalue weighted by molar-refractivity contribution is 0.706. The summed E-state index contributed by atoms with van der Waals surface area (Å²) in [6.07, 6.45) is 0.850. The molecule has 0 amide bonds. The van der Waals surface area contributed by atoms with Gasteiger partial charge in [-0.3, -0.25) is 0 Å². The van der Waals surface area contributed by atoms with Gasteiger partial charge in [-0.05, 0) is 54.3 Å². The van der Waals surface area contributed by atoms with Crippen molar-refractivity contribution in [3.8, 4) is 11.3 Å². The molecular weight excluding hydrogens is 422 g/mol. The Hall–Kier alpha value is -2.95. The van der Waals surface area contributed by atoms with Crippen molar-refractivity contribution in [2.75, 3.05) is 5.01 Å². The van der Waals surface area contributed by atoms with Gasteiger partial charge in [0, 0.05) is 22.4 Å². The molecule has 0 saturated carbocycles. The van der Waals surface area contributed by atoms with Gasteiger partial charge < -0.3 is 0 Å². The molecule has 0 bridgehead atoms. The number of hydrogen-bond donors (Lipinski definition) is 0. The third-order valence-corrected chi connectivity index (χ3v) is 6.85. The average molecular weight is 444 g/mol. The maximum Gasteiger partial charge on any atom is 0.207 e. The zero-order valence-electron chi connectivity index (χ0n) is 17.4. The predicted molar refractivity (Wildman–Crippen MR) is 131 cm³/mol. The number of rotatable bonds is 4. The Kier molecular flexibility index (Phi) is 5.34. The monoisotopic (exact) mass is 443 g/mol. The Balaban J connectivity index is 1.53. The molecule has 0 aliphatic carbocycles. The van der Waals surface area contributed by atoms with Crippen LogP contribution in [0.3, 0.4) is 0 Å². The molecular formula is C26H22ClN3S. The molecule has 0 unspecified atom stereocenters. The van der Waals surface area contributed by atoms with E-state index in [1.807, 2.05) is 24.3 Å². The van der Waals surface area contributed by atoms with E-state index in [-0.39, 0.29) is 6.04 Å². The number of thiazole rings is 1. The first-order valence-electron chi connectivity index (χ1n) is 10.3. The van der Waals surface area contributed by atoms with Gasteiger partial charge in [-0.25, -0.2) is 9.99 Å². The normalized spacial score (nSPS) is 15.9. The molecule has 2 heterocycles. The van der Waals surface area contributed by atoms with Gasteiger partial charge in [0.25, 0.3) is 0 Å². The second-order valence-corrected chi connectivity index (χ2v) is 9.12. The number of hydrazone groups is 1. The van der Waals surface area contributed by atoms with E-state index >= 15 is 0 Å². The Morgan fingerprint density at radius 2 is 1.65 bits per heavy atom. The fourth-order valence-electron chi connectivity index (χ4n) is 3.84. The number of aryl methyl sites for hydroxylation is 2. The standard InChI is InChI=1S/C26H22ClN3S/c1-17-8-9-21(14-18(17)2)23-15-25(20-6-4-3-5-7-20)30(29-23)26-28-24(16-31-26)19-10-12-22(27)13-11-19/h3-14,16,25H,15H2,1-2H3/t25-/m1/s1. The van der Waals surface area contributed by atoms with Crippen molar-refractivity contribution in [2.24, 2.45) is 5.10 Å². The average Bonchev–Trinajstić information content (AvgIpc) is 3.44. The minimum atomic E-state index is 0.127. The smallest absolute Gasteiger partial charge is 0.207 e. The van der Waals surface area contributed by atoms with Crippen LogP contribution in [0.15, 0.2) is 83.3 Å². The summed E-state index contributed by atoms with van der Waals surface area (Å²) in [5.74, 6) is 0. The number of halogens is 1. The zero-order valence-corrected chi connectivity index (χ0v) is 19.0. The molecule has 1 aliphatic rings. The van der Waals surface area contributed by atoms with Gasteiger partial charge in [-0.1, -0.05) is 66.2 Å². The maximum absolute atomic E-state index is 6.05. The van der Waals surface area contributed by atoms with Crippen molar-refractivity contribution in [1.29, 1.82) is 0 Å². The summed E-state index contributed by atoms with van der Waals surface area (Å²) in [4.78, 5) is 4.92. The Morgan fingerprint density at radius 3 is 2.39 bits per heavy atom. The van der Waals surface area contributed by atoms with Crippen LogP contribution in [0.25, 0.3) is 11.3 Å². The molecule has 0 radical (unpaired) electrons. The summed E-state index contributed by atoms with van der Waals surface area (Å²) in [6.45, 7) is 4.29. The maximum atomic E-state index is 6.05. The van der Waals surface area contributed by atoms with Crippen LogP contribution in [0.5, 0.6) is 0 Å². The SMILES string of the molecule is Cc1ccc(C2=NN(c3nc(-c4ccc(Cl)cc4)cs3)[C@@H](c3ccccc3)C2)cc1C. The predicted octanol–water partition coefficient (Wildman–Crippen LogP) is 7.44. The number of aromatic nitrogens is 1. The molecule has 31 heavy (non-hydrogen) atoms. The van der Waals surface area contributed by atoms with Gasteiger partial charge in [-0.2, -0.15) is 5.10 Å². The molecule has 0 spiro atoms. The van der Waals surface area contributed by atoms with Crippen LogP contribution in [0.1, 0.15) is 34.7 Å². The van der Waals surface area contributed by atoms with Crippen LogP contribution in [-0.4, -0.2) is 10.7 Å². The van der Waals surface area contributed by atoms with Gasteiger partial charge in [0.1, 0.15) is 0 Å². The molecule has 1 aliphatic heterocycles.